The van der Waals surface area contributed by atoms with Gasteiger partial charge in [0.25, 0.3) is 0 Å². The van der Waals surface area contributed by atoms with Gasteiger partial charge in [0, 0.05) is 31.7 Å². The highest BCUT2D eigenvalue weighted by atomic mass is 127. The van der Waals surface area contributed by atoms with E-state index in [0.29, 0.717) is 25.8 Å². The number of hydrogen-bond acceptors (Lipinski definition) is 4. The van der Waals surface area contributed by atoms with Gasteiger partial charge in [-0.15, -0.1) is 24.0 Å². The Labute approximate surface area is 202 Å². The van der Waals surface area contributed by atoms with Gasteiger partial charge in [-0.25, -0.2) is 0 Å². The van der Waals surface area contributed by atoms with Crippen LogP contribution in [-0.4, -0.2) is 50.5 Å². The molecule has 2 aromatic rings. The largest absolute Gasteiger partial charge is 0.469 e. The monoisotopic (exact) mass is 539 g/mol. The molecule has 0 saturated carbocycles. The lowest BCUT2D eigenvalue weighted by molar-refractivity contribution is 0.0347. The van der Waals surface area contributed by atoms with Crippen molar-refractivity contribution in [2.75, 3.05) is 26.4 Å². The van der Waals surface area contributed by atoms with E-state index in [4.69, 9.17) is 18.9 Å². The molecule has 0 radical (unpaired) electrons. The van der Waals surface area contributed by atoms with Crippen molar-refractivity contribution >= 4 is 29.9 Å². The van der Waals surface area contributed by atoms with Gasteiger partial charge in [-0.1, -0.05) is 24.3 Å². The van der Waals surface area contributed by atoms with Crippen molar-refractivity contribution in [3.8, 4) is 0 Å². The van der Waals surface area contributed by atoms with Gasteiger partial charge in [-0.3, -0.25) is 4.99 Å². The molecular weight excluding hydrogens is 505 g/mol. The van der Waals surface area contributed by atoms with E-state index in [1.807, 2.05) is 12.1 Å². The molecule has 1 aromatic heterocycles. The molecule has 0 amide bonds. The summed E-state index contributed by atoms with van der Waals surface area (Å²) >= 11 is 0. The highest BCUT2D eigenvalue weighted by Gasteiger charge is 2.21. The minimum atomic E-state index is 0. The molecule has 31 heavy (non-hydrogen) atoms. The van der Waals surface area contributed by atoms with E-state index >= 15 is 0 Å². The van der Waals surface area contributed by atoms with Crippen LogP contribution in [0.25, 0.3) is 0 Å². The van der Waals surface area contributed by atoms with Crippen LogP contribution in [0.2, 0.25) is 0 Å². The van der Waals surface area contributed by atoms with Crippen molar-refractivity contribution < 1.29 is 13.9 Å². The number of nitrogens with one attached hydrogen (secondary N) is 2. The van der Waals surface area contributed by atoms with E-state index in [1.54, 1.807) is 6.26 Å². The van der Waals surface area contributed by atoms with Crippen LogP contribution in [0.15, 0.2) is 52.1 Å². The van der Waals surface area contributed by atoms with E-state index in [9.17, 15) is 0 Å². The topological polar surface area (TPSA) is 68.0 Å². The second-order valence-electron chi connectivity index (χ2n) is 8.28. The summed E-state index contributed by atoms with van der Waals surface area (Å²) in [4.78, 5) is 4.82. The lowest BCUT2D eigenvalue weighted by Gasteiger charge is -2.28. The fourth-order valence-corrected chi connectivity index (χ4v) is 4.08. The quantitative estimate of drug-likeness (QED) is 0.304. The number of hydrogen-bond donors (Lipinski definition) is 2. The van der Waals surface area contributed by atoms with Crippen LogP contribution in [0.1, 0.15) is 36.7 Å². The molecule has 3 unspecified atom stereocenters. The lowest BCUT2D eigenvalue weighted by atomic mass is 9.88. The van der Waals surface area contributed by atoms with E-state index in [-0.39, 0.29) is 36.1 Å². The van der Waals surface area contributed by atoms with Crippen molar-refractivity contribution in [1.29, 1.82) is 0 Å². The Balaban J connectivity index is 0.00000272. The molecular formula is C24H34IN3O3. The summed E-state index contributed by atoms with van der Waals surface area (Å²) in [6, 6.07) is 13.2. The van der Waals surface area contributed by atoms with Crippen molar-refractivity contribution in [3.05, 3.63) is 59.5 Å². The average molecular weight is 539 g/mol. The van der Waals surface area contributed by atoms with Gasteiger partial charge in [0.2, 0.25) is 0 Å². The normalized spacial score (nSPS) is 21.8. The summed E-state index contributed by atoms with van der Waals surface area (Å²) in [5, 5.41) is 7.20. The van der Waals surface area contributed by atoms with Crippen molar-refractivity contribution in [2.24, 2.45) is 4.99 Å². The maximum Gasteiger partial charge on any atom is 0.191 e. The fourth-order valence-electron chi connectivity index (χ4n) is 4.08. The molecule has 1 aromatic carbocycles. The zero-order valence-corrected chi connectivity index (χ0v) is 20.5. The Kier molecular flexibility index (Phi) is 9.67. The second-order valence-corrected chi connectivity index (χ2v) is 8.28. The number of nitrogens with zero attached hydrogens (tertiary/aromatic N) is 1. The summed E-state index contributed by atoms with van der Waals surface area (Å²) < 4.78 is 16.8. The van der Waals surface area contributed by atoms with E-state index in [2.05, 4.69) is 41.8 Å². The Bertz CT molecular complexity index is 806. The van der Waals surface area contributed by atoms with Crippen LogP contribution in [0.4, 0.5) is 0 Å². The zero-order chi connectivity index (χ0) is 20.6. The third-order valence-corrected chi connectivity index (χ3v) is 5.75. The molecule has 1 saturated heterocycles. The summed E-state index contributed by atoms with van der Waals surface area (Å²) in [6.07, 6.45) is 6.94. The average Bonchev–Trinajstić information content (AvgIpc) is 3.46. The standard InChI is InChI=1S/C24H33N3O3.HI/c1-18(16-30-23-11-14-28-17-23)26-24(25-12-10-22-7-4-13-29-22)27-21-9-8-19-5-2-3-6-20(19)15-21;/h2-7,13,18,21,23H,8-12,14-17H2,1H3,(H2,25,26,27);1H. The van der Waals surface area contributed by atoms with Gasteiger partial charge in [-0.05, 0) is 55.9 Å². The highest BCUT2D eigenvalue weighted by molar-refractivity contribution is 14.0. The number of aryl methyl sites for hydroxylation is 1. The Morgan fingerprint density at radius 3 is 2.84 bits per heavy atom. The molecule has 1 aliphatic heterocycles. The number of aliphatic imine (C=N–C) groups is 1. The number of fused-ring (bicyclic) bond motifs is 1. The Morgan fingerprint density at radius 2 is 2.06 bits per heavy atom. The Morgan fingerprint density at radius 1 is 1.19 bits per heavy atom. The first-order valence-electron chi connectivity index (χ1n) is 11.1. The molecule has 4 rings (SSSR count). The van der Waals surface area contributed by atoms with Gasteiger partial charge in [0.1, 0.15) is 5.76 Å². The van der Waals surface area contributed by atoms with Crippen molar-refractivity contribution in [3.63, 3.8) is 0 Å². The second kappa shape index (κ2) is 12.5. The van der Waals surface area contributed by atoms with Crippen LogP contribution in [0.3, 0.4) is 0 Å². The minimum absolute atomic E-state index is 0. The first-order chi connectivity index (χ1) is 14.8. The fraction of sp³-hybridized carbons (Fsp3) is 0.542. The number of ether oxygens (including phenoxy) is 2. The first kappa shape index (κ1) is 24.1. The number of guanidine groups is 1. The smallest absolute Gasteiger partial charge is 0.191 e. The third kappa shape index (κ3) is 7.50. The van der Waals surface area contributed by atoms with Crippen molar-refractivity contribution in [2.45, 2.75) is 57.2 Å². The van der Waals surface area contributed by atoms with Crippen LogP contribution in [-0.2, 0) is 28.7 Å². The van der Waals surface area contributed by atoms with E-state index in [1.165, 1.54) is 11.1 Å². The van der Waals surface area contributed by atoms with Crippen LogP contribution < -0.4 is 10.6 Å². The first-order valence-corrected chi connectivity index (χ1v) is 11.1. The summed E-state index contributed by atoms with van der Waals surface area (Å²) in [6.45, 7) is 4.96. The van der Waals surface area contributed by atoms with E-state index in [0.717, 1.165) is 50.4 Å². The molecule has 7 heteroatoms. The zero-order valence-electron chi connectivity index (χ0n) is 18.2. The van der Waals surface area contributed by atoms with Gasteiger partial charge in [0.05, 0.1) is 25.6 Å². The molecule has 2 aliphatic rings. The molecule has 0 spiro atoms. The number of halogens is 1. The molecule has 1 fully saturated rings. The molecule has 2 N–H and O–H groups in total. The molecule has 3 atom stereocenters. The van der Waals surface area contributed by atoms with Gasteiger partial charge >= 0.3 is 0 Å². The highest BCUT2D eigenvalue weighted by Crippen LogP contribution is 2.21. The van der Waals surface area contributed by atoms with Gasteiger partial charge in [0.15, 0.2) is 5.96 Å². The molecule has 2 heterocycles. The van der Waals surface area contributed by atoms with E-state index < -0.39 is 0 Å². The predicted molar refractivity (Wildman–Crippen MR) is 133 cm³/mol. The van der Waals surface area contributed by atoms with Crippen LogP contribution in [0, 0.1) is 0 Å². The van der Waals surface area contributed by atoms with Crippen LogP contribution in [0.5, 0.6) is 0 Å². The van der Waals surface area contributed by atoms with Gasteiger partial charge < -0.3 is 24.5 Å². The van der Waals surface area contributed by atoms with Gasteiger partial charge in [-0.2, -0.15) is 0 Å². The number of rotatable bonds is 8. The lowest BCUT2D eigenvalue weighted by Crippen LogP contribution is -2.49. The summed E-state index contributed by atoms with van der Waals surface area (Å²) in [5.41, 5.74) is 2.91. The maximum atomic E-state index is 5.98. The number of benzene rings is 1. The molecule has 6 nitrogen and oxygen atoms in total. The minimum Gasteiger partial charge on any atom is -0.469 e. The Hall–Kier alpha value is -1.58. The summed E-state index contributed by atoms with van der Waals surface area (Å²) in [5.74, 6) is 1.81. The van der Waals surface area contributed by atoms with Crippen LogP contribution >= 0.6 is 24.0 Å². The van der Waals surface area contributed by atoms with Crippen molar-refractivity contribution in [1.82, 2.24) is 10.6 Å². The molecule has 0 bridgehead atoms. The molecule has 1 aliphatic carbocycles. The third-order valence-electron chi connectivity index (χ3n) is 5.75. The predicted octanol–water partition coefficient (Wildman–Crippen LogP) is 3.73. The maximum absolute atomic E-state index is 5.98. The SMILES string of the molecule is CC(COC1CCOC1)NC(=NCCc1ccco1)NC1CCc2ccccc2C1.I. The summed E-state index contributed by atoms with van der Waals surface area (Å²) in [7, 11) is 0. The molecule has 170 valence electrons. The number of furan rings is 1.